The second kappa shape index (κ2) is 11.3. The number of piperidine rings is 1. The number of rotatable bonds is 6. The fourth-order valence-electron chi connectivity index (χ4n) is 3.82. The Labute approximate surface area is 224 Å². The van der Waals surface area contributed by atoms with E-state index < -0.39 is 16.7 Å². The fourth-order valence-corrected chi connectivity index (χ4v) is 4.50. The molecular weight excluding hydrogens is 512 g/mol. The molecule has 38 heavy (non-hydrogen) atoms. The summed E-state index contributed by atoms with van der Waals surface area (Å²) in [6, 6.07) is 5.14. The van der Waals surface area contributed by atoms with Crippen molar-refractivity contribution in [3.63, 3.8) is 0 Å². The summed E-state index contributed by atoms with van der Waals surface area (Å²) in [6.45, 7) is 8.40. The van der Waals surface area contributed by atoms with Gasteiger partial charge in [0.25, 0.3) is 11.1 Å². The minimum atomic E-state index is -0.537. The monoisotopic (exact) mass is 542 g/mol. The summed E-state index contributed by atoms with van der Waals surface area (Å²) in [7, 11) is 1.50. The van der Waals surface area contributed by atoms with Crippen LogP contribution in [0.2, 0.25) is 0 Å². The van der Waals surface area contributed by atoms with Crippen LogP contribution in [0.3, 0.4) is 0 Å². The number of carbonyl (C=O) groups excluding carboxylic acids is 3. The van der Waals surface area contributed by atoms with Crippen molar-refractivity contribution in [2.24, 2.45) is 0 Å². The Morgan fingerprint density at radius 3 is 2.47 bits per heavy atom. The average Bonchev–Trinajstić information content (AvgIpc) is 3.18. The zero-order valence-electron chi connectivity index (χ0n) is 21.9. The van der Waals surface area contributed by atoms with E-state index in [-0.39, 0.29) is 12.2 Å². The summed E-state index contributed by atoms with van der Waals surface area (Å²) < 4.78 is 23.1. The van der Waals surface area contributed by atoms with Gasteiger partial charge in [-0.2, -0.15) is 0 Å². The fraction of sp³-hybridized carbons (Fsp3) is 0.423. The van der Waals surface area contributed by atoms with Crippen molar-refractivity contribution >= 4 is 35.1 Å². The van der Waals surface area contributed by atoms with E-state index in [1.54, 1.807) is 36.1 Å². The first-order valence-corrected chi connectivity index (χ1v) is 12.9. The van der Waals surface area contributed by atoms with E-state index >= 15 is 0 Å². The molecule has 0 atom stereocenters. The lowest BCUT2D eigenvalue weighted by Gasteiger charge is -2.33. The SMILES string of the molecule is COc1cc(/C=C2\SC(=O)NC2=O)ccc1Oc1ncnc(OC2CCN(C(=O)OC(C)(C)C)CC2)c1C. The number of amides is 3. The maximum Gasteiger partial charge on any atom is 0.410 e. The lowest BCUT2D eigenvalue weighted by Crippen LogP contribution is -2.44. The van der Waals surface area contributed by atoms with E-state index in [0.29, 0.717) is 65.2 Å². The van der Waals surface area contributed by atoms with Crippen molar-refractivity contribution in [3.05, 3.63) is 40.6 Å². The van der Waals surface area contributed by atoms with Gasteiger partial charge in [0.15, 0.2) is 11.5 Å². The molecule has 3 amide bonds. The molecule has 2 aliphatic rings. The Bertz CT molecular complexity index is 1270. The summed E-state index contributed by atoms with van der Waals surface area (Å²) in [5, 5.41) is 1.82. The summed E-state index contributed by atoms with van der Waals surface area (Å²) >= 11 is 0.843. The molecule has 4 rings (SSSR count). The Morgan fingerprint density at radius 1 is 1.13 bits per heavy atom. The predicted octanol–water partition coefficient (Wildman–Crippen LogP) is 4.69. The van der Waals surface area contributed by atoms with Crippen LogP contribution in [0, 0.1) is 6.92 Å². The molecule has 1 aromatic heterocycles. The molecule has 2 saturated heterocycles. The maximum absolute atomic E-state index is 12.3. The molecule has 2 fully saturated rings. The Hall–Kier alpha value is -3.80. The minimum Gasteiger partial charge on any atom is -0.493 e. The molecule has 0 saturated carbocycles. The van der Waals surface area contributed by atoms with Gasteiger partial charge in [-0.25, -0.2) is 14.8 Å². The van der Waals surface area contributed by atoms with Crippen LogP contribution in [0.5, 0.6) is 23.3 Å². The van der Waals surface area contributed by atoms with Crippen molar-refractivity contribution in [1.82, 2.24) is 20.2 Å². The lowest BCUT2D eigenvalue weighted by atomic mass is 10.1. The van der Waals surface area contributed by atoms with Crippen molar-refractivity contribution < 1.29 is 33.3 Å². The number of thioether (sulfide) groups is 1. The molecule has 3 heterocycles. The van der Waals surface area contributed by atoms with E-state index in [1.165, 1.54) is 13.4 Å². The molecule has 1 aromatic carbocycles. The summed E-state index contributed by atoms with van der Waals surface area (Å²) in [5.74, 6) is 1.11. The first-order chi connectivity index (χ1) is 18.0. The molecule has 2 aromatic rings. The minimum absolute atomic E-state index is 0.116. The standard InChI is InChI=1S/C26H30N4O7S/c1-15-22(35-17-8-10-30(11-9-17)25(33)37-26(2,3)4)27-14-28-23(15)36-18-7-6-16(12-19(18)34-5)13-20-21(31)29-24(32)38-20/h6-7,12-14,17H,8-11H2,1-5H3,(H,29,31,32)/b20-13-. The number of carbonyl (C=O) groups is 3. The highest BCUT2D eigenvalue weighted by atomic mass is 32.2. The number of nitrogens with zero attached hydrogens (tertiary/aromatic N) is 3. The molecule has 11 nitrogen and oxygen atoms in total. The van der Waals surface area contributed by atoms with Gasteiger partial charge in [-0.1, -0.05) is 6.07 Å². The largest absolute Gasteiger partial charge is 0.493 e. The van der Waals surface area contributed by atoms with E-state index in [0.717, 1.165) is 11.8 Å². The number of hydrogen-bond acceptors (Lipinski definition) is 10. The smallest absolute Gasteiger partial charge is 0.410 e. The number of methoxy groups -OCH3 is 1. The Balaban J connectivity index is 1.42. The van der Waals surface area contributed by atoms with Crippen molar-refractivity contribution in [2.75, 3.05) is 20.2 Å². The molecule has 0 unspecified atom stereocenters. The highest BCUT2D eigenvalue weighted by molar-refractivity contribution is 8.18. The Morgan fingerprint density at radius 2 is 1.84 bits per heavy atom. The quantitative estimate of drug-likeness (QED) is 0.513. The summed E-state index contributed by atoms with van der Waals surface area (Å²) in [6.07, 6.45) is 3.82. The number of likely N-dealkylation sites (tertiary alicyclic amines) is 1. The number of imide groups is 1. The van der Waals surface area contributed by atoms with Gasteiger partial charge in [0.2, 0.25) is 11.8 Å². The van der Waals surface area contributed by atoms with Crippen molar-refractivity contribution in [1.29, 1.82) is 0 Å². The van der Waals surface area contributed by atoms with Gasteiger partial charge < -0.3 is 23.8 Å². The highest BCUT2D eigenvalue weighted by Crippen LogP contribution is 2.36. The molecule has 202 valence electrons. The van der Waals surface area contributed by atoms with Crippen LogP contribution in [0.15, 0.2) is 29.4 Å². The van der Waals surface area contributed by atoms with E-state index in [2.05, 4.69) is 15.3 Å². The van der Waals surface area contributed by atoms with Gasteiger partial charge in [0.05, 0.1) is 17.6 Å². The summed E-state index contributed by atoms with van der Waals surface area (Å²) in [4.78, 5) is 46.1. The molecule has 1 N–H and O–H groups in total. The highest BCUT2D eigenvalue weighted by Gasteiger charge is 2.29. The average molecular weight is 543 g/mol. The molecule has 0 radical (unpaired) electrons. The zero-order valence-corrected chi connectivity index (χ0v) is 22.7. The number of hydrogen-bond donors (Lipinski definition) is 1. The molecule has 0 spiro atoms. The van der Waals surface area contributed by atoms with Crippen LogP contribution in [0.1, 0.15) is 44.7 Å². The molecule has 0 aliphatic carbocycles. The van der Waals surface area contributed by atoms with Crippen LogP contribution in [0.4, 0.5) is 9.59 Å². The van der Waals surface area contributed by atoms with Crippen LogP contribution in [0.25, 0.3) is 6.08 Å². The number of nitrogens with one attached hydrogen (secondary N) is 1. The maximum atomic E-state index is 12.3. The first-order valence-electron chi connectivity index (χ1n) is 12.1. The second-order valence-corrected chi connectivity index (χ2v) is 10.8. The van der Waals surface area contributed by atoms with Gasteiger partial charge in [-0.15, -0.1) is 0 Å². The molecule has 12 heteroatoms. The van der Waals surface area contributed by atoms with Crippen molar-refractivity contribution in [3.8, 4) is 23.3 Å². The van der Waals surface area contributed by atoms with E-state index in [1.807, 2.05) is 20.8 Å². The number of aromatic nitrogens is 2. The normalized spacial score (nSPS) is 17.4. The first kappa shape index (κ1) is 27.2. The number of benzene rings is 1. The van der Waals surface area contributed by atoms with Gasteiger partial charge in [0, 0.05) is 25.9 Å². The van der Waals surface area contributed by atoms with Gasteiger partial charge in [-0.05, 0) is 63.2 Å². The zero-order chi connectivity index (χ0) is 27.4. The molecule has 0 bridgehead atoms. The van der Waals surface area contributed by atoms with E-state index in [9.17, 15) is 14.4 Å². The topological polar surface area (TPSA) is 129 Å². The third-order valence-corrected chi connectivity index (χ3v) is 6.51. The number of ether oxygens (including phenoxy) is 4. The third-order valence-electron chi connectivity index (χ3n) is 5.70. The van der Waals surface area contributed by atoms with Gasteiger partial charge in [0.1, 0.15) is 18.0 Å². The van der Waals surface area contributed by atoms with E-state index in [4.69, 9.17) is 18.9 Å². The predicted molar refractivity (Wildman–Crippen MR) is 140 cm³/mol. The van der Waals surface area contributed by atoms with Crippen LogP contribution < -0.4 is 19.5 Å². The van der Waals surface area contributed by atoms with Gasteiger partial charge in [-0.3, -0.25) is 14.9 Å². The summed E-state index contributed by atoms with van der Waals surface area (Å²) in [5.41, 5.74) is 0.751. The molecule has 2 aliphatic heterocycles. The van der Waals surface area contributed by atoms with Crippen LogP contribution in [-0.2, 0) is 9.53 Å². The Kier molecular flexibility index (Phi) is 8.10. The lowest BCUT2D eigenvalue weighted by molar-refractivity contribution is -0.115. The van der Waals surface area contributed by atoms with Crippen LogP contribution >= 0.6 is 11.8 Å². The third kappa shape index (κ3) is 6.74. The molecular formula is C26H30N4O7S. The van der Waals surface area contributed by atoms with Gasteiger partial charge >= 0.3 is 6.09 Å². The van der Waals surface area contributed by atoms with Crippen LogP contribution in [-0.4, -0.2) is 64.0 Å². The second-order valence-electron chi connectivity index (χ2n) is 9.76. The van der Waals surface area contributed by atoms with Crippen molar-refractivity contribution in [2.45, 2.75) is 52.2 Å².